The Kier molecular flexibility index (Phi) is 8.15. The molecule has 1 aliphatic heterocycles. The van der Waals surface area contributed by atoms with Crippen LogP contribution in [0.4, 0.5) is 0 Å². The molecule has 20 heavy (non-hydrogen) atoms. The van der Waals surface area contributed by atoms with E-state index in [4.69, 9.17) is 4.74 Å². The predicted octanol–water partition coefficient (Wildman–Crippen LogP) is 2.29. The van der Waals surface area contributed by atoms with E-state index in [1.807, 2.05) is 6.92 Å². The predicted molar refractivity (Wildman–Crippen MR) is 82.7 cm³/mol. The molecule has 4 heteroatoms. The highest BCUT2D eigenvalue weighted by atomic mass is 16.5. The van der Waals surface area contributed by atoms with Crippen molar-refractivity contribution in [3.05, 3.63) is 0 Å². The van der Waals surface area contributed by atoms with Gasteiger partial charge in [0.15, 0.2) is 0 Å². The number of rotatable bonds is 9. The molecule has 2 unspecified atom stereocenters. The minimum Gasteiger partial charge on any atom is -0.465 e. The smallest absolute Gasteiger partial charge is 0.323 e. The highest BCUT2D eigenvalue weighted by molar-refractivity contribution is 5.75. The summed E-state index contributed by atoms with van der Waals surface area (Å²) in [4.78, 5) is 14.4. The van der Waals surface area contributed by atoms with Crippen molar-refractivity contribution in [2.45, 2.75) is 53.0 Å². The van der Waals surface area contributed by atoms with Crippen LogP contribution in [0.3, 0.4) is 0 Å². The molecule has 1 heterocycles. The van der Waals surface area contributed by atoms with Gasteiger partial charge < -0.3 is 15.0 Å². The van der Waals surface area contributed by atoms with Crippen molar-refractivity contribution in [2.24, 2.45) is 11.8 Å². The number of nitrogens with zero attached hydrogens (tertiary/aromatic N) is 1. The maximum absolute atomic E-state index is 11.9. The fourth-order valence-electron chi connectivity index (χ4n) is 2.79. The Labute approximate surface area is 124 Å². The van der Waals surface area contributed by atoms with Gasteiger partial charge in [0, 0.05) is 13.1 Å². The van der Waals surface area contributed by atoms with Crippen LogP contribution in [0.5, 0.6) is 0 Å². The van der Waals surface area contributed by atoms with E-state index < -0.39 is 0 Å². The van der Waals surface area contributed by atoms with E-state index in [9.17, 15) is 4.79 Å². The largest absolute Gasteiger partial charge is 0.465 e. The summed E-state index contributed by atoms with van der Waals surface area (Å²) in [6.45, 7) is 13.3. The minimum absolute atomic E-state index is 0.0967. The first-order chi connectivity index (χ1) is 9.58. The topological polar surface area (TPSA) is 41.6 Å². The van der Waals surface area contributed by atoms with Gasteiger partial charge in [0.1, 0.15) is 6.04 Å². The second kappa shape index (κ2) is 9.35. The Bertz CT molecular complexity index is 282. The van der Waals surface area contributed by atoms with E-state index in [2.05, 4.69) is 31.0 Å². The normalized spacial score (nSPS) is 21.4. The first-order valence-electron chi connectivity index (χ1n) is 8.20. The number of carbonyl (C=O) groups excluding carboxylic acids is 1. The van der Waals surface area contributed by atoms with Crippen LogP contribution in [0.25, 0.3) is 0 Å². The van der Waals surface area contributed by atoms with Gasteiger partial charge >= 0.3 is 5.97 Å². The summed E-state index contributed by atoms with van der Waals surface area (Å²) < 4.78 is 5.16. The third-order valence-corrected chi connectivity index (χ3v) is 4.20. The van der Waals surface area contributed by atoms with E-state index in [1.165, 1.54) is 19.5 Å². The highest BCUT2D eigenvalue weighted by Crippen LogP contribution is 2.23. The van der Waals surface area contributed by atoms with E-state index in [-0.39, 0.29) is 12.0 Å². The van der Waals surface area contributed by atoms with Crippen LogP contribution in [0.2, 0.25) is 0 Å². The van der Waals surface area contributed by atoms with E-state index in [0.29, 0.717) is 6.61 Å². The lowest BCUT2D eigenvalue weighted by Gasteiger charge is -2.22. The second-order valence-corrected chi connectivity index (χ2v) is 6.14. The molecule has 0 saturated carbocycles. The molecule has 0 radical (unpaired) electrons. The number of hydrogen-bond donors (Lipinski definition) is 1. The van der Waals surface area contributed by atoms with Crippen molar-refractivity contribution in [1.82, 2.24) is 10.2 Å². The third-order valence-electron chi connectivity index (χ3n) is 4.20. The lowest BCUT2D eigenvalue weighted by atomic mass is 9.95. The average Bonchev–Trinajstić information content (AvgIpc) is 2.88. The van der Waals surface area contributed by atoms with Crippen LogP contribution in [-0.2, 0) is 9.53 Å². The Balaban J connectivity index is 2.36. The molecule has 1 rings (SSSR count). The average molecular weight is 284 g/mol. The number of likely N-dealkylation sites (tertiary alicyclic amines) is 1. The van der Waals surface area contributed by atoms with E-state index in [0.717, 1.165) is 37.8 Å². The SMILES string of the molecule is CCCNC(CCN1CCC(C(C)C)C1)C(=O)OCC. The van der Waals surface area contributed by atoms with Crippen molar-refractivity contribution in [3.63, 3.8) is 0 Å². The summed E-state index contributed by atoms with van der Waals surface area (Å²) >= 11 is 0. The Morgan fingerprint density at radius 2 is 2.15 bits per heavy atom. The molecule has 0 aliphatic carbocycles. The van der Waals surface area contributed by atoms with Gasteiger partial charge in [0.25, 0.3) is 0 Å². The Hall–Kier alpha value is -0.610. The monoisotopic (exact) mass is 284 g/mol. The molecule has 0 amide bonds. The minimum atomic E-state index is -0.145. The van der Waals surface area contributed by atoms with Gasteiger partial charge in [-0.05, 0) is 51.1 Å². The first kappa shape index (κ1) is 17.4. The van der Waals surface area contributed by atoms with Crippen LogP contribution in [0.1, 0.15) is 47.0 Å². The summed E-state index contributed by atoms with van der Waals surface area (Å²) in [5.41, 5.74) is 0. The van der Waals surface area contributed by atoms with Gasteiger partial charge in [-0.2, -0.15) is 0 Å². The van der Waals surface area contributed by atoms with Crippen molar-refractivity contribution < 1.29 is 9.53 Å². The van der Waals surface area contributed by atoms with Gasteiger partial charge in [0.2, 0.25) is 0 Å². The zero-order valence-corrected chi connectivity index (χ0v) is 13.7. The molecule has 1 N–H and O–H groups in total. The fourth-order valence-corrected chi connectivity index (χ4v) is 2.79. The van der Waals surface area contributed by atoms with Gasteiger partial charge in [-0.1, -0.05) is 20.8 Å². The number of ether oxygens (including phenoxy) is 1. The summed E-state index contributed by atoms with van der Waals surface area (Å²) in [6.07, 6.45) is 3.18. The Morgan fingerprint density at radius 3 is 2.70 bits per heavy atom. The summed E-state index contributed by atoms with van der Waals surface area (Å²) in [5.74, 6) is 1.49. The molecule has 0 bridgehead atoms. The summed E-state index contributed by atoms with van der Waals surface area (Å²) in [7, 11) is 0. The number of carbonyl (C=O) groups is 1. The molecule has 0 aromatic heterocycles. The van der Waals surface area contributed by atoms with E-state index in [1.54, 1.807) is 0 Å². The summed E-state index contributed by atoms with van der Waals surface area (Å²) in [5, 5.41) is 3.31. The number of hydrogen-bond acceptors (Lipinski definition) is 4. The highest BCUT2D eigenvalue weighted by Gasteiger charge is 2.26. The summed E-state index contributed by atoms with van der Waals surface area (Å²) in [6, 6.07) is -0.145. The molecule has 1 fully saturated rings. The van der Waals surface area contributed by atoms with Crippen LogP contribution in [-0.4, -0.2) is 49.7 Å². The van der Waals surface area contributed by atoms with Crippen LogP contribution in [0, 0.1) is 11.8 Å². The zero-order valence-electron chi connectivity index (χ0n) is 13.7. The molecule has 1 aliphatic rings. The first-order valence-corrected chi connectivity index (χ1v) is 8.20. The fraction of sp³-hybridized carbons (Fsp3) is 0.938. The van der Waals surface area contributed by atoms with Gasteiger partial charge in [0.05, 0.1) is 6.61 Å². The van der Waals surface area contributed by atoms with Crippen molar-refractivity contribution in [3.8, 4) is 0 Å². The zero-order chi connectivity index (χ0) is 15.0. The maximum Gasteiger partial charge on any atom is 0.323 e. The molecular formula is C16H32N2O2. The maximum atomic E-state index is 11.9. The molecule has 0 aromatic rings. The van der Waals surface area contributed by atoms with Crippen LogP contribution in [0.15, 0.2) is 0 Å². The molecule has 0 aromatic carbocycles. The standard InChI is InChI=1S/C16H32N2O2/c1-5-9-17-15(16(19)20-6-2)8-11-18-10-7-14(12-18)13(3)4/h13-15,17H,5-12H2,1-4H3. The molecule has 118 valence electrons. The van der Waals surface area contributed by atoms with Gasteiger partial charge in [-0.25, -0.2) is 0 Å². The van der Waals surface area contributed by atoms with Crippen molar-refractivity contribution in [1.29, 1.82) is 0 Å². The van der Waals surface area contributed by atoms with Gasteiger partial charge in [-0.15, -0.1) is 0 Å². The lowest BCUT2D eigenvalue weighted by molar-refractivity contribution is -0.145. The van der Waals surface area contributed by atoms with Crippen molar-refractivity contribution >= 4 is 5.97 Å². The number of esters is 1. The molecule has 1 saturated heterocycles. The Morgan fingerprint density at radius 1 is 1.40 bits per heavy atom. The lowest BCUT2D eigenvalue weighted by Crippen LogP contribution is -2.41. The number of nitrogens with one attached hydrogen (secondary N) is 1. The second-order valence-electron chi connectivity index (χ2n) is 6.14. The third kappa shape index (κ3) is 5.80. The van der Waals surface area contributed by atoms with Gasteiger partial charge in [-0.3, -0.25) is 4.79 Å². The molecule has 2 atom stereocenters. The van der Waals surface area contributed by atoms with Crippen LogP contribution < -0.4 is 5.32 Å². The van der Waals surface area contributed by atoms with E-state index >= 15 is 0 Å². The van der Waals surface area contributed by atoms with Crippen LogP contribution >= 0.6 is 0 Å². The molecular weight excluding hydrogens is 252 g/mol. The quantitative estimate of drug-likeness (QED) is 0.660. The van der Waals surface area contributed by atoms with Crippen molar-refractivity contribution in [2.75, 3.05) is 32.8 Å². The molecule has 0 spiro atoms. The molecule has 4 nitrogen and oxygen atoms in total.